The number of nitrogens with one attached hydrogen (secondary N) is 1. The van der Waals surface area contributed by atoms with E-state index in [9.17, 15) is 9.18 Å². The van der Waals surface area contributed by atoms with Crippen LogP contribution in [0.5, 0.6) is 0 Å². The molecule has 1 aliphatic heterocycles. The second-order valence-corrected chi connectivity index (χ2v) is 8.43. The normalized spacial score (nSPS) is 17.1. The van der Waals surface area contributed by atoms with Crippen LogP contribution >= 0.6 is 11.6 Å². The minimum Gasteiger partial charge on any atom is -0.381 e. The third-order valence-electron chi connectivity index (χ3n) is 5.90. The SMILES string of the molecule is C[C@H](Nc1cnn(-c2ccc(N(C)c3ccc(F)cc3)cc2)c(=O)c1Cl)[C@@H]1CCCOC1. The summed E-state index contributed by atoms with van der Waals surface area (Å²) in [7, 11) is 1.89. The van der Waals surface area contributed by atoms with Crippen LogP contribution in [-0.2, 0) is 4.74 Å². The van der Waals surface area contributed by atoms with Crippen LogP contribution in [0.4, 0.5) is 21.5 Å². The highest BCUT2D eigenvalue weighted by atomic mass is 35.5. The highest BCUT2D eigenvalue weighted by Crippen LogP contribution is 2.26. The van der Waals surface area contributed by atoms with Crippen molar-refractivity contribution in [3.05, 3.63) is 75.9 Å². The Labute approximate surface area is 191 Å². The number of anilines is 3. The molecular formula is C24H26ClFN4O2. The van der Waals surface area contributed by atoms with Crippen molar-refractivity contribution in [3.63, 3.8) is 0 Å². The van der Waals surface area contributed by atoms with E-state index >= 15 is 0 Å². The van der Waals surface area contributed by atoms with E-state index in [0.717, 1.165) is 30.8 Å². The molecule has 0 radical (unpaired) electrons. The Morgan fingerprint density at radius 3 is 2.47 bits per heavy atom. The summed E-state index contributed by atoms with van der Waals surface area (Å²) in [5.74, 6) is 0.0899. The van der Waals surface area contributed by atoms with Gasteiger partial charge in [-0.25, -0.2) is 4.39 Å². The second kappa shape index (κ2) is 9.71. The molecule has 168 valence electrons. The standard InChI is InChI=1S/C24H26ClFN4O2/c1-16(17-4-3-13-32-15-17)28-22-14-27-30(24(31)23(22)25)21-11-9-20(10-12-21)29(2)19-7-5-18(26)6-8-19/h5-12,14,16-17,28H,3-4,13,15H2,1-2H3/t16-,17+/m0/s1. The molecule has 2 heterocycles. The van der Waals surface area contributed by atoms with Crippen LogP contribution in [-0.4, -0.2) is 36.1 Å². The summed E-state index contributed by atoms with van der Waals surface area (Å²) in [6.07, 6.45) is 3.70. The van der Waals surface area contributed by atoms with Crippen molar-refractivity contribution >= 4 is 28.7 Å². The first-order valence-corrected chi connectivity index (χ1v) is 11.0. The zero-order valence-corrected chi connectivity index (χ0v) is 18.8. The van der Waals surface area contributed by atoms with Crippen molar-refractivity contribution in [2.75, 3.05) is 30.5 Å². The zero-order chi connectivity index (χ0) is 22.7. The number of ether oxygens (including phenoxy) is 1. The number of aromatic nitrogens is 2. The first-order chi connectivity index (χ1) is 15.4. The Balaban J connectivity index is 1.51. The number of rotatable bonds is 6. The van der Waals surface area contributed by atoms with E-state index in [4.69, 9.17) is 16.3 Å². The molecule has 8 heteroatoms. The minimum absolute atomic E-state index is 0.107. The van der Waals surface area contributed by atoms with Crippen LogP contribution in [0.2, 0.25) is 5.02 Å². The maximum Gasteiger partial charge on any atom is 0.292 e. The third kappa shape index (κ3) is 4.79. The van der Waals surface area contributed by atoms with Gasteiger partial charge >= 0.3 is 0 Å². The molecule has 32 heavy (non-hydrogen) atoms. The van der Waals surface area contributed by atoms with Crippen molar-refractivity contribution in [2.45, 2.75) is 25.8 Å². The lowest BCUT2D eigenvalue weighted by atomic mass is 9.95. The number of hydrogen-bond acceptors (Lipinski definition) is 5. The fourth-order valence-electron chi connectivity index (χ4n) is 3.87. The molecule has 1 fully saturated rings. The second-order valence-electron chi connectivity index (χ2n) is 8.05. The molecule has 0 aliphatic carbocycles. The Hall–Kier alpha value is -2.90. The molecule has 0 amide bonds. The number of benzene rings is 2. The monoisotopic (exact) mass is 456 g/mol. The summed E-state index contributed by atoms with van der Waals surface area (Å²) in [6, 6.07) is 13.7. The lowest BCUT2D eigenvalue weighted by molar-refractivity contribution is 0.0496. The molecule has 2 atom stereocenters. The first-order valence-electron chi connectivity index (χ1n) is 10.7. The van der Waals surface area contributed by atoms with Gasteiger partial charge in [0.05, 0.1) is 24.2 Å². The van der Waals surface area contributed by atoms with Gasteiger partial charge in [0, 0.05) is 37.0 Å². The topological polar surface area (TPSA) is 59.4 Å². The fourth-order valence-corrected chi connectivity index (χ4v) is 4.06. The van der Waals surface area contributed by atoms with Crippen molar-refractivity contribution in [1.29, 1.82) is 0 Å². The zero-order valence-electron chi connectivity index (χ0n) is 18.1. The van der Waals surface area contributed by atoms with Crippen molar-refractivity contribution in [2.24, 2.45) is 5.92 Å². The Kier molecular flexibility index (Phi) is 6.77. The smallest absolute Gasteiger partial charge is 0.292 e. The Bertz CT molecular complexity index is 1110. The van der Waals surface area contributed by atoms with E-state index in [-0.39, 0.29) is 22.4 Å². The molecule has 1 aliphatic rings. The van der Waals surface area contributed by atoms with Crippen LogP contribution in [0, 0.1) is 11.7 Å². The summed E-state index contributed by atoms with van der Waals surface area (Å²) >= 11 is 6.40. The van der Waals surface area contributed by atoms with Crippen LogP contribution in [0.3, 0.4) is 0 Å². The van der Waals surface area contributed by atoms with Crippen molar-refractivity contribution in [1.82, 2.24) is 9.78 Å². The van der Waals surface area contributed by atoms with Crippen LogP contribution in [0.1, 0.15) is 19.8 Å². The van der Waals surface area contributed by atoms with E-state index in [1.807, 2.05) is 24.1 Å². The molecule has 0 saturated carbocycles. The first kappa shape index (κ1) is 22.3. The number of hydrogen-bond donors (Lipinski definition) is 1. The maximum absolute atomic E-state index is 13.2. The summed E-state index contributed by atoms with van der Waals surface area (Å²) in [5.41, 5.74) is 2.49. The molecule has 1 saturated heterocycles. The summed E-state index contributed by atoms with van der Waals surface area (Å²) in [5, 5.41) is 7.75. The Morgan fingerprint density at radius 2 is 1.84 bits per heavy atom. The number of nitrogens with zero attached hydrogens (tertiary/aromatic N) is 3. The molecule has 6 nitrogen and oxygen atoms in total. The molecule has 0 unspecified atom stereocenters. The average Bonchev–Trinajstić information content (AvgIpc) is 2.83. The molecule has 1 aromatic heterocycles. The quantitative estimate of drug-likeness (QED) is 0.564. The van der Waals surface area contributed by atoms with Crippen molar-refractivity contribution < 1.29 is 9.13 Å². The average molecular weight is 457 g/mol. The molecule has 0 bridgehead atoms. The van der Waals surface area contributed by atoms with E-state index in [1.54, 1.807) is 30.5 Å². The van der Waals surface area contributed by atoms with E-state index in [2.05, 4.69) is 17.3 Å². The molecule has 1 N–H and O–H groups in total. The van der Waals surface area contributed by atoms with E-state index in [0.29, 0.717) is 23.9 Å². The summed E-state index contributed by atoms with van der Waals surface area (Å²) in [4.78, 5) is 14.8. The summed E-state index contributed by atoms with van der Waals surface area (Å²) < 4.78 is 20.0. The molecular weight excluding hydrogens is 431 g/mol. The van der Waals surface area contributed by atoms with Gasteiger partial charge in [0.2, 0.25) is 0 Å². The van der Waals surface area contributed by atoms with Crippen LogP contribution in [0.15, 0.2) is 59.5 Å². The predicted octanol–water partition coefficient (Wildman–Crippen LogP) is 5.02. The maximum atomic E-state index is 13.2. The highest BCUT2D eigenvalue weighted by molar-refractivity contribution is 6.33. The molecule has 0 spiro atoms. The largest absolute Gasteiger partial charge is 0.381 e. The Morgan fingerprint density at radius 1 is 1.19 bits per heavy atom. The van der Waals surface area contributed by atoms with Crippen LogP contribution < -0.4 is 15.8 Å². The van der Waals surface area contributed by atoms with Gasteiger partial charge in [-0.3, -0.25) is 4.79 Å². The van der Waals surface area contributed by atoms with Gasteiger partial charge in [0.25, 0.3) is 5.56 Å². The predicted molar refractivity (Wildman–Crippen MR) is 126 cm³/mol. The molecule has 2 aromatic carbocycles. The van der Waals surface area contributed by atoms with Gasteiger partial charge < -0.3 is 15.0 Å². The van der Waals surface area contributed by atoms with E-state index < -0.39 is 0 Å². The number of halogens is 2. The van der Waals surface area contributed by atoms with E-state index in [1.165, 1.54) is 16.8 Å². The minimum atomic E-state index is -0.386. The van der Waals surface area contributed by atoms with Gasteiger partial charge in [-0.05, 0) is 68.3 Å². The van der Waals surface area contributed by atoms with Gasteiger partial charge in [0.15, 0.2) is 0 Å². The lowest BCUT2D eigenvalue weighted by Gasteiger charge is -2.29. The van der Waals surface area contributed by atoms with Crippen molar-refractivity contribution in [3.8, 4) is 5.69 Å². The molecule has 3 aromatic rings. The summed E-state index contributed by atoms with van der Waals surface area (Å²) in [6.45, 7) is 3.58. The van der Waals surface area contributed by atoms with Gasteiger partial charge in [0.1, 0.15) is 10.8 Å². The fraction of sp³-hybridized carbons (Fsp3) is 0.333. The third-order valence-corrected chi connectivity index (χ3v) is 6.27. The molecule has 4 rings (SSSR count). The highest BCUT2D eigenvalue weighted by Gasteiger charge is 2.22. The lowest BCUT2D eigenvalue weighted by Crippen LogP contribution is -2.33. The van der Waals surface area contributed by atoms with Gasteiger partial charge in [-0.15, -0.1) is 0 Å². The van der Waals surface area contributed by atoms with Crippen LogP contribution in [0.25, 0.3) is 5.69 Å². The van der Waals surface area contributed by atoms with Gasteiger partial charge in [-0.1, -0.05) is 11.6 Å². The van der Waals surface area contributed by atoms with Gasteiger partial charge in [-0.2, -0.15) is 9.78 Å².